The zero-order chi connectivity index (χ0) is 11.5. The summed E-state index contributed by atoms with van der Waals surface area (Å²) >= 11 is 0. The average Bonchev–Trinajstić information content (AvgIpc) is 2.28. The zero-order valence-electron chi connectivity index (χ0n) is 10.6. The molecule has 1 atom stereocenters. The standard InChI is InChI=1S/C12H28N2O/c1-4-7-9-14(6-3)10-12(11-15)13-8-5-2/h12-13,15H,4-11H2,1-3H3. The first-order valence-corrected chi connectivity index (χ1v) is 6.34. The molecule has 0 aliphatic rings. The van der Waals surface area contributed by atoms with Gasteiger partial charge in [-0.15, -0.1) is 0 Å². The van der Waals surface area contributed by atoms with Crippen LogP contribution in [0, 0.1) is 0 Å². The fourth-order valence-corrected chi connectivity index (χ4v) is 1.61. The van der Waals surface area contributed by atoms with Crippen molar-refractivity contribution < 1.29 is 5.11 Å². The number of rotatable bonds is 10. The van der Waals surface area contributed by atoms with E-state index in [0.717, 1.165) is 32.6 Å². The minimum Gasteiger partial charge on any atom is -0.395 e. The number of hydrogen-bond donors (Lipinski definition) is 2. The molecule has 1 unspecified atom stereocenters. The highest BCUT2D eigenvalue weighted by molar-refractivity contribution is 4.70. The second kappa shape index (κ2) is 10.4. The van der Waals surface area contributed by atoms with Gasteiger partial charge in [-0.1, -0.05) is 27.2 Å². The number of likely N-dealkylation sites (N-methyl/N-ethyl adjacent to an activating group) is 1. The summed E-state index contributed by atoms with van der Waals surface area (Å²) in [5.41, 5.74) is 0. The molecule has 0 saturated heterocycles. The Morgan fingerprint density at radius 1 is 1.20 bits per heavy atom. The van der Waals surface area contributed by atoms with E-state index >= 15 is 0 Å². The number of unbranched alkanes of at least 4 members (excludes halogenated alkanes) is 1. The number of hydrogen-bond acceptors (Lipinski definition) is 3. The predicted molar refractivity (Wildman–Crippen MR) is 66.2 cm³/mol. The van der Waals surface area contributed by atoms with Gasteiger partial charge in [0.2, 0.25) is 0 Å². The molecule has 0 aromatic rings. The number of aliphatic hydroxyl groups excluding tert-OH is 1. The van der Waals surface area contributed by atoms with Gasteiger partial charge in [0.1, 0.15) is 0 Å². The number of nitrogens with zero attached hydrogens (tertiary/aromatic N) is 1. The van der Waals surface area contributed by atoms with Gasteiger partial charge >= 0.3 is 0 Å². The van der Waals surface area contributed by atoms with Gasteiger partial charge in [0.05, 0.1) is 6.61 Å². The molecule has 0 heterocycles. The van der Waals surface area contributed by atoms with Crippen molar-refractivity contribution in [2.24, 2.45) is 0 Å². The van der Waals surface area contributed by atoms with Crippen LogP contribution in [0.15, 0.2) is 0 Å². The summed E-state index contributed by atoms with van der Waals surface area (Å²) in [6, 6.07) is 0.238. The van der Waals surface area contributed by atoms with Crippen LogP contribution in [0.4, 0.5) is 0 Å². The van der Waals surface area contributed by atoms with Crippen molar-refractivity contribution in [3.8, 4) is 0 Å². The molecule has 92 valence electrons. The summed E-state index contributed by atoms with van der Waals surface area (Å²) < 4.78 is 0. The topological polar surface area (TPSA) is 35.5 Å². The Morgan fingerprint density at radius 3 is 2.40 bits per heavy atom. The molecule has 0 aliphatic carbocycles. The Labute approximate surface area is 94.9 Å². The molecule has 0 aromatic carbocycles. The molecule has 0 amide bonds. The highest BCUT2D eigenvalue weighted by atomic mass is 16.3. The third kappa shape index (κ3) is 7.77. The van der Waals surface area contributed by atoms with Crippen LogP contribution >= 0.6 is 0 Å². The first-order valence-electron chi connectivity index (χ1n) is 6.34. The van der Waals surface area contributed by atoms with Crippen molar-refractivity contribution in [3.63, 3.8) is 0 Å². The highest BCUT2D eigenvalue weighted by Gasteiger charge is 2.10. The van der Waals surface area contributed by atoms with E-state index in [1.54, 1.807) is 0 Å². The monoisotopic (exact) mass is 216 g/mol. The van der Waals surface area contributed by atoms with E-state index in [1.807, 2.05) is 0 Å². The van der Waals surface area contributed by atoms with Crippen molar-refractivity contribution in [2.45, 2.75) is 46.1 Å². The average molecular weight is 216 g/mol. The first-order chi connectivity index (χ1) is 7.28. The fourth-order valence-electron chi connectivity index (χ4n) is 1.61. The van der Waals surface area contributed by atoms with Crippen LogP contribution in [0.1, 0.15) is 40.0 Å². The SMILES string of the molecule is CCCCN(CC)CC(CO)NCCC. The van der Waals surface area contributed by atoms with E-state index in [-0.39, 0.29) is 12.6 Å². The van der Waals surface area contributed by atoms with Crippen LogP contribution in [0.5, 0.6) is 0 Å². The number of nitrogens with one attached hydrogen (secondary N) is 1. The summed E-state index contributed by atoms with van der Waals surface area (Å²) in [5, 5.41) is 12.6. The van der Waals surface area contributed by atoms with Crippen LogP contribution in [-0.4, -0.2) is 48.8 Å². The molecule has 15 heavy (non-hydrogen) atoms. The molecule has 0 aliphatic heterocycles. The molecule has 0 saturated carbocycles. The van der Waals surface area contributed by atoms with Crippen LogP contribution in [0.2, 0.25) is 0 Å². The van der Waals surface area contributed by atoms with Gasteiger partial charge in [-0.25, -0.2) is 0 Å². The lowest BCUT2D eigenvalue weighted by Crippen LogP contribution is -2.44. The Kier molecular flexibility index (Phi) is 10.3. The quantitative estimate of drug-likeness (QED) is 0.580. The minimum atomic E-state index is 0.238. The molecule has 3 nitrogen and oxygen atoms in total. The maximum absolute atomic E-state index is 9.23. The van der Waals surface area contributed by atoms with Crippen molar-refractivity contribution in [3.05, 3.63) is 0 Å². The van der Waals surface area contributed by atoms with Gasteiger partial charge < -0.3 is 15.3 Å². The van der Waals surface area contributed by atoms with E-state index < -0.39 is 0 Å². The zero-order valence-corrected chi connectivity index (χ0v) is 10.6. The summed E-state index contributed by atoms with van der Waals surface area (Å²) in [4.78, 5) is 2.41. The van der Waals surface area contributed by atoms with E-state index in [0.29, 0.717) is 0 Å². The van der Waals surface area contributed by atoms with Gasteiger partial charge in [0, 0.05) is 12.6 Å². The van der Waals surface area contributed by atoms with E-state index in [2.05, 4.69) is 31.0 Å². The predicted octanol–water partition coefficient (Wildman–Crippen LogP) is 1.47. The first kappa shape index (κ1) is 14.9. The van der Waals surface area contributed by atoms with E-state index in [1.165, 1.54) is 12.8 Å². The Balaban J connectivity index is 3.77. The Bertz CT molecular complexity index is 117. The molecule has 0 bridgehead atoms. The van der Waals surface area contributed by atoms with Gasteiger partial charge in [0.15, 0.2) is 0 Å². The molecule has 0 rings (SSSR count). The van der Waals surface area contributed by atoms with Crippen LogP contribution in [-0.2, 0) is 0 Å². The molecule has 0 fully saturated rings. The van der Waals surface area contributed by atoms with E-state index in [4.69, 9.17) is 0 Å². The smallest absolute Gasteiger partial charge is 0.0597 e. The molecular weight excluding hydrogens is 188 g/mol. The maximum atomic E-state index is 9.23. The molecule has 0 radical (unpaired) electrons. The molecular formula is C12H28N2O. The van der Waals surface area contributed by atoms with Crippen molar-refractivity contribution in [2.75, 3.05) is 32.8 Å². The lowest BCUT2D eigenvalue weighted by molar-refractivity contribution is 0.184. The van der Waals surface area contributed by atoms with Crippen molar-refractivity contribution >= 4 is 0 Å². The second-order valence-electron chi connectivity index (χ2n) is 4.08. The summed E-state index contributed by atoms with van der Waals surface area (Å²) in [6.07, 6.45) is 3.61. The molecule has 0 spiro atoms. The van der Waals surface area contributed by atoms with Crippen LogP contribution in [0.3, 0.4) is 0 Å². The van der Waals surface area contributed by atoms with Crippen molar-refractivity contribution in [1.29, 1.82) is 0 Å². The summed E-state index contributed by atoms with van der Waals surface area (Å²) in [5.74, 6) is 0. The minimum absolute atomic E-state index is 0.238. The third-order valence-electron chi connectivity index (χ3n) is 2.66. The van der Waals surface area contributed by atoms with Crippen LogP contribution < -0.4 is 5.32 Å². The van der Waals surface area contributed by atoms with Gasteiger partial charge in [-0.05, 0) is 32.5 Å². The normalized spacial score (nSPS) is 13.4. The summed E-state index contributed by atoms with van der Waals surface area (Å²) in [7, 11) is 0. The Morgan fingerprint density at radius 2 is 1.93 bits per heavy atom. The third-order valence-corrected chi connectivity index (χ3v) is 2.66. The largest absolute Gasteiger partial charge is 0.395 e. The van der Waals surface area contributed by atoms with Gasteiger partial charge in [0.25, 0.3) is 0 Å². The second-order valence-corrected chi connectivity index (χ2v) is 4.08. The fraction of sp³-hybridized carbons (Fsp3) is 1.00. The van der Waals surface area contributed by atoms with Crippen LogP contribution in [0.25, 0.3) is 0 Å². The molecule has 2 N–H and O–H groups in total. The molecule has 0 aromatic heterocycles. The lowest BCUT2D eigenvalue weighted by atomic mass is 10.2. The number of aliphatic hydroxyl groups is 1. The summed E-state index contributed by atoms with van der Waals surface area (Å²) in [6.45, 7) is 11.0. The van der Waals surface area contributed by atoms with Crippen molar-refractivity contribution in [1.82, 2.24) is 10.2 Å². The van der Waals surface area contributed by atoms with Gasteiger partial charge in [-0.3, -0.25) is 0 Å². The highest BCUT2D eigenvalue weighted by Crippen LogP contribution is 1.97. The molecule has 3 heteroatoms. The van der Waals surface area contributed by atoms with Gasteiger partial charge in [-0.2, -0.15) is 0 Å². The van der Waals surface area contributed by atoms with E-state index in [9.17, 15) is 5.11 Å². The maximum Gasteiger partial charge on any atom is 0.0597 e. The lowest BCUT2D eigenvalue weighted by Gasteiger charge is -2.25. The Hall–Kier alpha value is -0.120.